The first-order valence-corrected chi connectivity index (χ1v) is 8.04. The summed E-state index contributed by atoms with van der Waals surface area (Å²) in [7, 11) is 0. The number of fused-ring (bicyclic) bond motifs is 1. The van der Waals surface area contributed by atoms with E-state index in [4.69, 9.17) is 4.42 Å². The van der Waals surface area contributed by atoms with Crippen LogP contribution in [0.1, 0.15) is 30.7 Å². The van der Waals surface area contributed by atoms with Gasteiger partial charge in [-0.25, -0.2) is 0 Å². The van der Waals surface area contributed by atoms with Crippen LogP contribution in [-0.2, 0) is 0 Å². The number of nitrogens with one attached hydrogen (secondary N) is 1. The summed E-state index contributed by atoms with van der Waals surface area (Å²) < 4.78 is 6.72. The Morgan fingerprint density at radius 1 is 1.10 bits per heavy atom. The SMILES string of the molecule is CCCNC(c1occc1Br)c1cccc2ccccc12. The van der Waals surface area contributed by atoms with E-state index in [0.29, 0.717) is 0 Å². The minimum Gasteiger partial charge on any atom is -0.466 e. The molecule has 0 fully saturated rings. The number of furan rings is 1. The van der Waals surface area contributed by atoms with E-state index in [2.05, 4.69) is 70.6 Å². The fraction of sp³-hybridized carbons (Fsp3) is 0.222. The largest absolute Gasteiger partial charge is 0.466 e. The molecule has 0 spiro atoms. The van der Waals surface area contributed by atoms with Crippen LogP contribution in [0, 0.1) is 0 Å². The average Bonchev–Trinajstić information content (AvgIpc) is 2.94. The molecule has 3 rings (SSSR count). The molecule has 1 heterocycles. The lowest BCUT2D eigenvalue weighted by atomic mass is 9.97. The van der Waals surface area contributed by atoms with Crippen LogP contribution >= 0.6 is 15.9 Å². The molecule has 1 atom stereocenters. The second-order valence-corrected chi connectivity index (χ2v) is 5.94. The van der Waals surface area contributed by atoms with Crippen molar-refractivity contribution >= 4 is 26.7 Å². The molecular formula is C18H18BrNO. The maximum absolute atomic E-state index is 5.72. The molecule has 2 nitrogen and oxygen atoms in total. The number of rotatable bonds is 5. The van der Waals surface area contributed by atoms with Gasteiger partial charge in [0.2, 0.25) is 0 Å². The van der Waals surface area contributed by atoms with Crippen LogP contribution in [0.25, 0.3) is 10.8 Å². The number of hydrogen-bond donors (Lipinski definition) is 1. The van der Waals surface area contributed by atoms with Gasteiger partial charge in [-0.3, -0.25) is 0 Å². The number of halogens is 1. The third-order valence-electron chi connectivity index (χ3n) is 3.64. The minimum absolute atomic E-state index is 0.0559. The van der Waals surface area contributed by atoms with Crippen LogP contribution in [-0.4, -0.2) is 6.54 Å². The Hall–Kier alpha value is -1.58. The zero-order valence-corrected chi connectivity index (χ0v) is 13.6. The first-order chi connectivity index (χ1) is 10.3. The quantitative estimate of drug-likeness (QED) is 0.681. The maximum atomic E-state index is 5.72. The van der Waals surface area contributed by atoms with Gasteiger partial charge in [0.05, 0.1) is 16.8 Å². The van der Waals surface area contributed by atoms with E-state index < -0.39 is 0 Å². The molecule has 0 bridgehead atoms. The molecule has 0 amide bonds. The van der Waals surface area contributed by atoms with Crippen LogP contribution in [0.15, 0.2) is 63.7 Å². The summed E-state index contributed by atoms with van der Waals surface area (Å²) in [5, 5.41) is 6.11. The Morgan fingerprint density at radius 2 is 1.90 bits per heavy atom. The Labute approximate surface area is 133 Å². The second-order valence-electron chi connectivity index (χ2n) is 5.09. The first-order valence-electron chi connectivity index (χ1n) is 7.25. The Kier molecular flexibility index (Phi) is 4.42. The Bertz CT molecular complexity index is 729. The molecule has 1 aromatic heterocycles. The fourth-order valence-corrected chi connectivity index (χ4v) is 3.08. The van der Waals surface area contributed by atoms with Crippen molar-refractivity contribution in [3.05, 3.63) is 70.6 Å². The van der Waals surface area contributed by atoms with E-state index in [1.807, 2.05) is 6.07 Å². The number of benzene rings is 2. The Morgan fingerprint density at radius 3 is 2.67 bits per heavy atom. The van der Waals surface area contributed by atoms with E-state index in [-0.39, 0.29) is 6.04 Å². The van der Waals surface area contributed by atoms with Crippen LogP contribution < -0.4 is 5.32 Å². The molecule has 2 aromatic carbocycles. The van der Waals surface area contributed by atoms with Gasteiger partial charge in [-0.15, -0.1) is 0 Å². The Balaban J connectivity index is 2.12. The van der Waals surface area contributed by atoms with Gasteiger partial charge in [0.15, 0.2) is 0 Å². The standard InChI is InChI=1S/C18H18BrNO/c1-2-11-20-17(18-16(19)10-12-21-18)15-9-5-7-13-6-3-4-8-14(13)15/h3-10,12,17,20H,2,11H2,1H3. The average molecular weight is 344 g/mol. The van der Waals surface area contributed by atoms with E-state index in [1.54, 1.807) is 6.26 Å². The third kappa shape index (κ3) is 2.89. The van der Waals surface area contributed by atoms with Crippen LogP contribution in [0.5, 0.6) is 0 Å². The normalized spacial score (nSPS) is 12.7. The molecule has 3 heteroatoms. The van der Waals surface area contributed by atoms with Crippen LogP contribution in [0.2, 0.25) is 0 Å². The predicted molar refractivity (Wildman–Crippen MR) is 90.5 cm³/mol. The highest BCUT2D eigenvalue weighted by atomic mass is 79.9. The predicted octanol–water partition coefficient (Wildman–Crippen LogP) is 5.28. The van der Waals surface area contributed by atoms with Crippen LogP contribution in [0.3, 0.4) is 0 Å². The smallest absolute Gasteiger partial charge is 0.139 e. The summed E-state index contributed by atoms with van der Waals surface area (Å²) >= 11 is 3.59. The lowest BCUT2D eigenvalue weighted by molar-refractivity contribution is 0.445. The van der Waals surface area contributed by atoms with E-state index in [1.165, 1.54) is 16.3 Å². The summed E-state index contributed by atoms with van der Waals surface area (Å²) in [5.41, 5.74) is 1.25. The molecule has 3 aromatic rings. The minimum atomic E-state index is 0.0559. The third-order valence-corrected chi connectivity index (χ3v) is 4.29. The van der Waals surface area contributed by atoms with Gasteiger partial charge < -0.3 is 9.73 Å². The summed E-state index contributed by atoms with van der Waals surface area (Å²) in [5.74, 6) is 0.930. The van der Waals surface area contributed by atoms with Crippen LogP contribution in [0.4, 0.5) is 0 Å². The maximum Gasteiger partial charge on any atom is 0.139 e. The van der Waals surface area contributed by atoms with E-state index >= 15 is 0 Å². The van der Waals surface area contributed by atoms with Gasteiger partial charge in [0, 0.05) is 0 Å². The molecule has 0 radical (unpaired) electrons. The van der Waals surface area contributed by atoms with Gasteiger partial charge in [-0.1, -0.05) is 49.4 Å². The zero-order valence-electron chi connectivity index (χ0n) is 12.0. The van der Waals surface area contributed by atoms with Crippen molar-refractivity contribution in [3.63, 3.8) is 0 Å². The van der Waals surface area contributed by atoms with Gasteiger partial charge >= 0.3 is 0 Å². The van der Waals surface area contributed by atoms with Crippen molar-refractivity contribution in [1.82, 2.24) is 5.32 Å². The summed E-state index contributed by atoms with van der Waals surface area (Å²) in [6.45, 7) is 3.12. The zero-order chi connectivity index (χ0) is 14.7. The highest BCUT2D eigenvalue weighted by molar-refractivity contribution is 9.10. The molecule has 1 unspecified atom stereocenters. The lowest BCUT2D eigenvalue weighted by Gasteiger charge is -2.19. The number of hydrogen-bond acceptors (Lipinski definition) is 2. The molecule has 21 heavy (non-hydrogen) atoms. The highest BCUT2D eigenvalue weighted by Gasteiger charge is 2.21. The summed E-state index contributed by atoms with van der Waals surface area (Å²) in [4.78, 5) is 0. The van der Waals surface area contributed by atoms with Gasteiger partial charge in [-0.05, 0) is 51.3 Å². The fourth-order valence-electron chi connectivity index (χ4n) is 2.65. The molecule has 1 N–H and O–H groups in total. The first kappa shape index (κ1) is 14.4. The summed E-state index contributed by atoms with van der Waals surface area (Å²) in [6, 6.07) is 16.9. The van der Waals surface area contributed by atoms with Gasteiger partial charge in [-0.2, -0.15) is 0 Å². The molecule has 0 aliphatic rings. The molecule has 0 aliphatic heterocycles. The van der Waals surface area contributed by atoms with E-state index in [9.17, 15) is 0 Å². The molecule has 0 aliphatic carbocycles. The van der Waals surface area contributed by atoms with Crippen molar-refractivity contribution in [1.29, 1.82) is 0 Å². The molecular weight excluding hydrogens is 326 g/mol. The molecule has 108 valence electrons. The highest BCUT2D eigenvalue weighted by Crippen LogP contribution is 2.33. The van der Waals surface area contributed by atoms with Crippen molar-refractivity contribution in [3.8, 4) is 0 Å². The van der Waals surface area contributed by atoms with Gasteiger partial charge in [0.1, 0.15) is 5.76 Å². The monoisotopic (exact) mass is 343 g/mol. The topological polar surface area (TPSA) is 25.2 Å². The van der Waals surface area contributed by atoms with Gasteiger partial charge in [0.25, 0.3) is 0 Å². The van der Waals surface area contributed by atoms with Crippen molar-refractivity contribution in [2.45, 2.75) is 19.4 Å². The lowest BCUT2D eigenvalue weighted by Crippen LogP contribution is -2.23. The molecule has 0 saturated heterocycles. The van der Waals surface area contributed by atoms with Crippen molar-refractivity contribution < 1.29 is 4.42 Å². The van der Waals surface area contributed by atoms with Crippen molar-refractivity contribution in [2.24, 2.45) is 0 Å². The molecule has 0 saturated carbocycles. The van der Waals surface area contributed by atoms with E-state index in [0.717, 1.165) is 23.2 Å². The second kappa shape index (κ2) is 6.46. The summed E-state index contributed by atoms with van der Waals surface area (Å²) in [6.07, 6.45) is 2.81. The van der Waals surface area contributed by atoms with Crippen molar-refractivity contribution in [2.75, 3.05) is 6.54 Å².